The quantitative estimate of drug-likeness (QED) is 0.0542. The third-order valence-electron chi connectivity index (χ3n) is 11.6. The molecule has 0 radical (unpaired) electrons. The van der Waals surface area contributed by atoms with Gasteiger partial charge in [-0.1, -0.05) is 176 Å². The van der Waals surface area contributed by atoms with E-state index in [0.29, 0.717) is 0 Å². The number of benzene rings is 5. The molecule has 0 aliphatic rings. The third-order valence-corrected chi connectivity index (χ3v) is 11.6. The van der Waals surface area contributed by atoms with Crippen molar-refractivity contribution in [3.8, 4) is 47.4 Å². The van der Waals surface area contributed by atoms with Gasteiger partial charge in [-0.15, -0.1) is 0 Å². The predicted octanol–water partition coefficient (Wildman–Crippen LogP) is 15.8. The van der Waals surface area contributed by atoms with Crippen molar-refractivity contribution >= 4 is 0 Å². The Kier molecular flexibility index (Phi) is 21.4. The first-order chi connectivity index (χ1) is 30.6. The van der Waals surface area contributed by atoms with Gasteiger partial charge in [-0.05, 0) is 159 Å². The lowest BCUT2D eigenvalue weighted by Gasteiger charge is -2.11. The van der Waals surface area contributed by atoms with E-state index >= 15 is 0 Å². The lowest BCUT2D eigenvalue weighted by Crippen LogP contribution is -1.99. The van der Waals surface area contributed by atoms with E-state index in [4.69, 9.17) is 0 Å². The molecule has 0 amide bonds. The molecule has 0 aliphatic carbocycles. The first-order valence-electron chi connectivity index (χ1n) is 24.2. The van der Waals surface area contributed by atoms with Crippen molar-refractivity contribution < 1.29 is 0 Å². The number of unbranched alkanes of at least 4 members (excludes halogenated alkanes) is 12. The van der Waals surface area contributed by atoms with Gasteiger partial charge >= 0.3 is 0 Å². The maximum Gasteiger partial charge on any atom is 0.0284 e. The van der Waals surface area contributed by atoms with Crippen LogP contribution in [0.2, 0.25) is 0 Å². The molecule has 0 atom stereocenters. The molecule has 0 aliphatic heterocycles. The Morgan fingerprint density at radius 2 is 0.516 bits per heavy atom. The normalized spacial score (nSPS) is 10.4. The van der Waals surface area contributed by atoms with Crippen LogP contribution in [0.1, 0.15) is 197 Å². The van der Waals surface area contributed by atoms with Crippen LogP contribution in [0, 0.1) is 47.4 Å². The van der Waals surface area contributed by atoms with Crippen LogP contribution in [0.4, 0.5) is 0 Å². The second-order valence-electron chi connectivity index (χ2n) is 17.0. The SMILES string of the molecule is CCCCCCCCc1ccc(C#Cc2ccc(C#Cc3cc(CCCC)c(C#Cc4ccc(C#Cc5ccc(CCCCCCCC)cc5)cc4)cc3CCCC)cc2)cc1. The zero-order chi connectivity index (χ0) is 43.5. The second-order valence-corrected chi connectivity index (χ2v) is 17.0. The molecule has 0 nitrogen and oxygen atoms in total. The summed E-state index contributed by atoms with van der Waals surface area (Å²) in [7, 11) is 0. The maximum atomic E-state index is 3.57. The minimum Gasteiger partial charge on any atom is -0.0654 e. The van der Waals surface area contributed by atoms with Crippen LogP contribution in [0.15, 0.2) is 109 Å². The summed E-state index contributed by atoms with van der Waals surface area (Å²) in [5.41, 5.74) is 13.7. The lowest BCUT2D eigenvalue weighted by molar-refractivity contribution is 0.607. The monoisotopic (exact) mass is 815 g/mol. The molecular formula is C62H70. The molecule has 0 bridgehead atoms. The van der Waals surface area contributed by atoms with E-state index < -0.39 is 0 Å². The summed E-state index contributed by atoms with van der Waals surface area (Å²) in [5, 5.41) is 0. The van der Waals surface area contributed by atoms with Gasteiger partial charge in [0.25, 0.3) is 0 Å². The maximum absolute atomic E-state index is 3.57. The van der Waals surface area contributed by atoms with Crippen LogP contribution in [-0.2, 0) is 25.7 Å². The number of aryl methyl sites for hydroxylation is 4. The van der Waals surface area contributed by atoms with E-state index in [9.17, 15) is 0 Å². The summed E-state index contributed by atoms with van der Waals surface area (Å²) in [6, 6.07) is 38.9. The van der Waals surface area contributed by atoms with Crippen LogP contribution < -0.4 is 0 Å². The highest BCUT2D eigenvalue weighted by molar-refractivity contribution is 5.56. The van der Waals surface area contributed by atoms with E-state index in [0.717, 1.165) is 95.9 Å². The van der Waals surface area contributed by atoms with E-state index in [-0.39, 0.29) is 0 Å². The molecule has 0 aromatic heterocycles. The number of hydrogen-bond donors (Lipinski definition) is 0. The predicted molar refractivity (Wildman–Crippen MR) is 268 cm³/mol. The van der Waals surface area contributed by atoms with Gasteiger partial charge in [0.15, 0.2) is 0 Å². The standard InChI is InChI=1S/C62H70/c1-5-9-13-15-17-19-21-51-25-29-53(30-26-51)33-35-55-37-41-57(42-38-55)45-47-61-49-60(24-12-8-4)62(50-59(61)23-11-7-3)48-46-58-43-39-56(40-44-58)36-34-54-31-27-52(28-32-54)22-20-18-16-14-10-6-2/h25-32,37-44,49-50H,5-24H2,1-4H3. The molecule has 0 saturated carbocycles. The number of rotatable bonds is 20. The van der Waals surface area contributed by atoms with E-state index in [1.807, 2.05) is 0 Å². The van der Waals surface area contributed by atoms with Crippen LogP contribution in [0.25, 0.3) is 0 Å². The Labute approximate surface area is 377 Å². The highest BCUT2D eigenvalue weighted by Crippen LogP contribution is 2.22. The molecule has 62 heavy (non-hydrogen) atoms. The van der Waals surface area contributed by atoms with E-state index in [1.165, 1.54) is 99.3 Å². The van der Waals surface area contributed by atoms with Gasteiger partial charge < -0.3 is 0 Å². The first-order valence-corrected chi connectivity index (χ1v) is 24.2. The molecule has 5 aromatic rings. The summed E-state index contributed by atoms with van der Waals surface area (Å²) in [4.78, 5) is 0. The highest BCUT2D eigenvalue weighted by Gasteiger charge is 2.09. The molecular weight excluding hydrogens is 745 g/mol. The van der Waals surface area contributed by atoms with Gasteiger partial charge in [0.1, 0.15) is 0 Å². The van der Waals surface area contributed by atoms with Crippen molar-refractivity contribution in [3.05, 3.63) is 176 Å². The summed E-state index contributed by atoms with van der Waals surface area (Å²) in [6.45, 7) is 9.05. The van der Waals surface area contributed by atoms with Crippen LogP contribution in [-0.4, -0.2) is 0 Å². The van der Waals surface area contributed by atoms with Gasteiger partial charge in [0.05, 0.1) is 0 Å². The van der Waals surface area contributed by atoms with Crippen molar-refractivity contribution in [3.63, 3.8) is 0 Å². The van der Waals surface area contributed by atoms with Crippen LogP contribution in [0.3, 0.4) is 0 Å². The number of hydrogen-bond acceptors (Lipinski definition) is 0. The van der Waals surface area contributed by atoms with E-state index in [2.05, 4.69) is 184 Å². The topological polar surface area (TPSA) is 0 Å². The fourth-order valence-corrected chi connectivity index (χ4v) is 7.64. The van der Waals surface area contributed by atoms with Gasteiger partial charge in [0, 0.05) is 44.5 Å². The fourth-order valence-electron chi connectivity index (χ4n) is 7.64. The Morgan fingerprint density at radius 1 is 0.258 bits per heavy atom. The lowest BCUT2D eigenvalue weighted by atomic mass is 9.92. The molecule has 5 rings (SSSR count). The zero-order valence-corrected chi connectivity index (χ0v) is 38.5. The van der Waals surface area contributed by atoms with Crippen molar-refractivity contribution in [1.82, 2.24) is 0 Å². The Morgan fingerprint density at radius 3 is 0.823 bits per heavy atom. The molecule has 0 unspecified atom stereocenters. The average molecular weight is 815 g/mol. The van der Waals surface area contributed by atoms with Gasteiger partial charge in [-0.2, -0.15) is 0 Å². The molecule has 5 aromatic carbocycles. The Balaban J connectivity index is 1.22. The summed E-state index contributed by atoms with van der Waals surface area (Å²) in [5.74, 6) is 27.5. The van der Waals surface area contributed by atoms with E-state index in [1.54, 1.807) is 0 Å². The summed E-state index contributed by atoms with van der Waals surface area (Å²) >= 11 is 0. The molecule has 0 N–H and O–H groups in total. The van der Waals surface area contributed by atoms with Crippen molar-refractivity contribution in [1.29, 1.82) is 0 Å². The first kappa shape index (κ1) is 47.4. The summed E-state index contributed by atoms with van der Waals surface area (Å²) in [6.07, 6.45) is 24.8. The largest absolute Gasteiger partial charge is 0.0654 e. The van der Waals surface area contributed by atoms with Gasteiger partial charge in [-0.3, -0.25) is 0 Å². The highest BCUT2D eigenvalue weighted by atomic mass is 14.1. The molecule has 318 valence electrons. The van der Waals surface area contributed by atoms with Crippen LogP contribution >= 0.6 is 0 Å². The molecule has 0 heteroatoms. The molecule has 0 heterocycles. The minimum absolute atomic E-state index is 0.993. The zero-order valence-electron chi connectivity index (χ0n) is 38.5. The smallest absolute Gasteiger partial charge is 0.0284 e. The Bertz CT molecular complexity index is 2150. The second kappa shape index (κ2) is 28.0. The van der Waals surface area contributed by atoms with Crippen molar-refractivity contribution in [2.75, 3.05) is 0 Å². The molecule has 0 saturated heterocycles. The molecule has 0 fully saturated rings. The third kappa shape index (κ3) is 17.4. The van der Waals surface area contributed by atoms with Crippen LogP contribution in [0.5, 0.6) is 0 Å². The van der Waals surface area contributed by atoms with Crippen molar-refractivity contribution in [2.24, 2.45) is 0 Å². The van der Waals surface area contributed by atoms with Gasteiger partial charge in [0.2, 0.25) is 0 Å². The van der Waals surface area contributed by atoms with Gasteiger partial charge in [-0.25, -0.2) is 0 Å². The van der Waals surface area contributed by atoms with Crippen molar-refractivity contribution in [2.45, 2.75) is 156 Å². The summed E-state index contributed by atoms with van der Waals surface area (Å²) < 4.78 is 0. The molecule has 0 spiro atoms. The average Bonchev–Trinajstić information content (AvgIpc) is 3.31. The minimum atomic E-state index is 0.993. The fraction of sp³-hybridized carbons (Fsp3) is 0.387. The Hall–Kier alpha value is -5.66.